The zero-order valence-electron chi connectivity index (χ0n) is 14.3. The van der Waals surface area contributed by atoms with Crippen LogP contribution in [0.3, 0.4) is 0 Å². The summed E-state index contributed by atoms with van der Waals surface area (Å²) in [5.74, 6) is -0.473. The van der Waals surface area contributed by atoms with Gasteiger partial charge in [0.25, 0.3) is 5.91 Å². The third kappa shape index (κ3) is 3.21. The van der Waals surface area contributed by atoms with Crippen molar-refractivity contribution in [2.75, 3.05) is 0 Å². The highest BCUT2D eigenvalue weighted by Crippen LogP contribution is 2.31. The molecule has 7 nitrogen and oxygen atoms in total. The second-order valence-electron chi connectivity index (χ2n) is 6.68. The van der Waals surface area contributed by atoms with Gasteiger partial charge in [0.2, 0.25) is 0 Å². The van der Waals surface area contributed by atoms with E-state index < -0.39 is 5.91 Å². The van der Waals surface area contributed by atoms with E-state index in [1.807, 2.05) is 0 Å². The molecule has 4 rings (SSSR count). The van der Waals surface area contributed by atoms with Crippen molar-refractivity contribution >= 4 is 40.3 Å². The molecule has 1 aromatic carbocycles. The van der Waals surface area contributed by atoms with Crippen LogP contribution in [-0.2, 0) is 0 Å². The minimum absolute atomic E-state index is 0.0206. The van der Waals surface area contributed by atoms with Crippen LogP contribution in [0.25, 0.3) is 22.6 Å². The molecule has 0 spiro atoms. The molecule has 2 aromatic heterocycles. The summed E-state index contributed by atoms with van der Waals surface area (Å²) in [5, 5.41) is 0.745. The molecule has 27 heavy (non-hydrogen) atoms. The number of aromatic nitrogens is 4. The number of hydrogen-bond acceptors (Lipinski definition) is 4. The van der Waals surface area contributed by atoms with E-state index in [4.69, 9.17) is 28.9 Å². The molecule has 1 saturated carbocycles. The minimum Gasteiger partial charge on any atom is -0.364 e. The number of fused-ring (bicyclic) bond motifs is 1. The van der Waals surface area contributed by atoms with Crippen LogP contribution < -0.4 is 11.4 Å². The highest BCUT2D eigenvalue weighted by Gasteiger charge is 2.24. The number of amides is 1. The summed E-state index contributed by atoms with van der Waals surface area (Å²) in [5.41, 5.74) is 6.42. The van der Waals surface area contributed by atoms with Crippen molar-refractivity contribution in [3.63, 3.8) is 0 Å². The van der Waals surface area contributed by atoms with Crippen LogP contribution in [0.15, 0.2) is 23.0 Å². The SMILES string of the molecule is NC(=O)c1nc(-c2ccc(Cl)c(Cl)c2)nc2c1[nH]c(=O)n2C1CCCCC1. The first-order valence-electron chi connectivity index (χ1n) is 8.73. The number of carbonyl (C=O) groups excluding carboxylic acids is 1. The van der Waals surface area contributed by atoms with Crippen molar-refractivity contribution in [3.05, 3.63) is 44.4 Å². The zero-order valence-corrected chi connectivity index (χ0v) is 15.8. The van der Waals surface area contributed by atoms with Gasteiger partial charge in [0.15, 0.2) is 17.2 Å². The number of benzene rings is 1. The predicted molar refractivity (Wildman–Crippen MR) is 104 cm³/mol. The molecule has 1 amide bonds. The van der Waals surface area contributed by atoms with Crippen LogP contribution in [0.5, 0.6) is 0 Å². The van der Waals surface area contributed by atoms with Crippen LogP contribution in [0.4, 0.5) is 0 Å². The lowest BCUT2D eigenvalue weighted by Crippen LogP contribution is -2.24. The molecule has 9 heteroatoms. The molecule has 0 saturated heterocycles. The fourth-order valence-corrected chi connectivity index (χ4v) is 3.92. The third-order valence-electron chi connectivity index (χ3n) is 4.92. The van der Waals surface area contributed by atoms with Gasteiger partial charge in [0, 0.05) is 11.6 Å². The Morgan fingerprint density at radius 3 is 2.56 bits per heavy atom. The van der Waals surface area contributed by atoms with Crippen LogP contribution in [0.1, 0.15) is 48.6 Å². The van der Waals surface area contributed by atoms with Gasteiger partial charge in [-0.3, -0.25) is 9.36 Å². The smallest absolute Gasteiger partial charge is 0.327 e. The third-order valence-corrected chi connectivity index (χ3v) is 5.66. The Morgan fingerprint density at radius 2 is 1.89 bits per heavy atom. The Kier molecular flexibility index (Phi) is 4.65. The summed E-state index contributed by atoms with van der Waals surface area (Å²) in [6, 6.07) is 4.99. The number of nitrogens with one attached hydrogen (secondary N) is 1. The largest absolute Gasteiger partial charge is 0.364 e. The highest BCUT2D eigenvalue weighted by atomic mass is 35.5. The average Bonchev–Trinajstić information content (AvgIpc) is 2.99. The van der Waals surface area contributed by atoms with Gasteiger partial charge in [-0.1, -0.05) is 42.5 Å². The molecule has 140 valence electrons. The Labute approximate surface area is 164 Å². The average molecular weight is 406 g/mol. The Hall–Kier alpha value is -2.38. The van der Waals surface area contributed by atoms with E-state index in [1.54, 1.807) is 22.8 Å². The summed E-state index contributed by atoms with van der Waals surface area (Å²) in [6.45, 7) is 0. The van der Waals surface area contributed by atoms with Gasteiger partial charge in [-0.25, -0.2) is 14.8 Å². The van der Waals surface area contributed by atoms with Crippen LogP contribution in [-0.4, -0.2) is 25.4 Å². The standard InChI is InChI=1S/C18H17Cl2N5O2/c19-11-7-6-9(8-12(11)20)16-22-13(15(21)26)14-17(24-16)25(18(27)23-14)10-4-2-1-3-5-10/h6-8,10H,1-5H2,(H2,21,26)(H,23,27). The number of hydrogen-bond donors (Lipinski definition) is 2. The van der Waals surface area contributed by atoms with Crippen molar-refractivity contribution in [1.29, 1.82) is 0 Å². The normalized spacial score (nSPS) is 15.3. The number of carbonyl (C=O) groups is 1. The number of nitrogens with zero attached hydrogens (tertiary/aromatic N) is 3. The second-order valence-corrected chi connectivity index (χ2v) is 7.49. The van der Waals surface area contributed by atoms with Crippen molar-refractivity contribution < 1.29 is 4.79 Å². The summed E-state index contributed by atoms with van der Waals surface area (Å²) in [6.07, 6.45) is 5.05. The Bertz CT molecular complexity index is 1100. The number of primary amides is 1. The number of aromatic amines is 1. The lowest BCUT2D eigenvalue weighted by Gasteiger charge is -2.22. The summed E-state index contributed by atoms with van der Waals surface area (Å²) < 4.78 is 1.63. The van der Waals surface area contributed by atoms with Crippen molar-refractivity contribution in [1.82, 2.24) is 19.5 Å². The summed E-state index contributed by atoms with van der Waals surface area (Å²) >= 11 is 12.1. The van der Waals surface area contributed by atoms with Gasteiger partial charge in [0.05, 0.1) is 10.0 Å². The monoisotopic (exact) mass is 405 g/mol. The van der Waals surface area contributed by atoms with Gasteiger partial charge in [0.1, 0.15) is 5.52 Å². The number of halogens is 2. The Balaban J connectivity index is 1.97. The molecule has 0 atom stereocenters. The summed E-state index contributed by atoms with van der Waals surface area (Å²) in [7, 11) is 0. The number of nitrogens with two attached hydrogens (primary N) is 1. The van der Waals surface area contributed by atoms with Crippen LogP contribution in [0, 0.1) is 0 Å². The van der Waals surface area contributed by atoms with Crippen LogP contribution in [0.2, 0.25) is 10.0 Å². The molecular weight excluding hydrogens is 389 g/mol. The maximum absolute atomic E-state index is 12.6. The lowest BCUT2D eigenvalue weighted by atomic mass is 9.95. The van der Waals surface area contributed by atoms with Gasteiger partial charge in [-0.15, -0.1) is 0 Å². The van der Waals surface area contributed by atoms with E-state index >= 15 is 0 Å². The number of H-pyrrole nitrogens is 1. The second kappa shape index (κ2) is 6.98. The molecule has 0 aliphatic heterocycles. The molecule has 1 aliphatic carbocycles. The molecule has 1 aliphatic rings. The van der Waals surface area contributed by atoms with E-state index in [1.165, 1.54) is 0 Å². The minimum atomic E-state index is -0.735. The molecular formula is C18H17Cl2N5O2. The maximum Gasteiger partial charge on any atom is 0.327 e. The topological polar surface area (TPSA) is 107 Å². The fourth-order valence-electron chi connectivity index (χ4n) is 3.62. The van der Waals surface area contributed by atoms with Gasteiger partial charge < -0.3 is 10.7 Å². The molecule has 0 bridgehead atoms. The molecule has 0 unspecified atom stereocenters. The van der Waals surface area contributed by atoms with E-state index in [0.717, 1.165) is 32.1 Å². The lowest BCUT2D eigenvalue weighted by molar-refractivity contribution is 0.0997. The van der Waals surface area contributed by atoms with Crippen molar-refractivity contribution in [2.24, 2.45) is 5.73 Å². The highest BCUT2D eigenvalue weighted by molar-refractivity contribution is 6.42. The van der Waals surface area contributed by atoms with E-state index in [2.05, 4.69) is 15.0 Å². The van der Waals surface area contributed by atoms with Crippen molar-refractivity contribution in [3.8, 4) is 11.4 Å². The molecule has 3 N–H and O–H groups in total. The Morgan fingerprint density at radius 1 is 1.15 bits per heavy atom. The number of imidazole rings is 1. The first kappa shape index (κ1) is 18.0. The molecule has 1 fully saturated rings. The molecule has 2 heterocycles. The first-order chi connectivity index (χ1) is 13.0. The van der Waals surface area contributed by atoms with Crippen molar-refractivity contribution in [2.45, 2.75) is 38.1 Å². The van der Waals surface area contributed by atoms with Gasteiger partial charge in [-0.2, -0.15) is 0 Å². The zero-order chi connectivity index (χ0) is 19.1. The summed E-state index contributed by atoms with van der Waals surface area (Å²) in [4.78, 5) is 36.1. The maximum atomic E-state index is 12.6. The van der Waals surface area contributed by atoms with Crippen LogP contribution >= 0.6 is 23.2 Å². The molecule has 3 aromatic rings. The predicted octanol–water partition coefficient (Wildman–Crippen LogP) is 3.70. The number of rotatable bonds is 3. The van der Waals surface area contributed by atoms with Gasteiger partial charge in [-0.05, 0) is 31.0 Å². The van der Waals surface area contributed by atoms with E-state index in [9.17, 15) is 9.59 Å². The quantitative estimate of drug-likeness (QED) is 0.692. The fraction of sp³-hybridized carbons (Fsp3) is 0.333. The van der Waals surface area contributed by atoms with E-state index in [0.29, 0.717) is 21.3 Å². The van der Waals surface area contributed by atoms with Gasteiger partial charge >= 0.3 is 5.69 Å². The first-order valence-corrected chi connectivity index (χ1v) is 9.49. The van der Waals surface area contributed by atoms with E-state index in [-0.39, 0.29) is 28.8 Å². The molecule has 0 radical (unpaired) electrons.